The molecule has 0 aromatic carbocycles. The second kappa shape index (κ2) is 33.0. The van der Waals surface area contributed by atoms with Gasteiger partial charge in [0.1, 0.15) is 0 Å². The van der Waals surface area contributed by atoms with Crippen LogP contribution in [0.2, 0.25) is 0 Å². The van der Waals surface area contributed by atoms with E-state index in [2.05, 4.69) is 0 Å². The van der Waals surface area contributed by atoms with E-state index in [0.29, 0.717) is 0 Å². The first kappa shape index (κ1) is 26.4. The Hall–Kier alpha value is -0.660. The molecule has 0 fully saturated rings. The molecule has 0 aromatic rings. The second-order valence-electron chi connectivity index (χ2n) is 0.238. The van der Waals surface area contributed by atoms with Crippen molar-refractivity contribution in [3.05, 3.63) is 10.1 Å². The van der Waals surface area contributed by atoms with Crippen LogP contribution in [0.5, 0.6) is 0 Å². The van der Waals surface area contributed by atoms with Crippen LogP contribution in [0.3, 0.4) is 0 Å². The molecular weight excluding hydrogens is 148 g/mol. The van der Waals surface area contributed by atoms with E-state index >= 15 is 0 Å². The summed E-state index contributed by atoms with van der Waals surface area (Å²) in [5, 5.41) is 25.6. The van der Waals surface area contributed by atoms with E-state index in [4.69, 9.17) is 25.8 Å². The van der Waals surface area contributed by atoms with Crippen molar-refractivity contribution in [2.45, 2.75) is 0 Å². The van der Waals surface area contributed by atoms with Crippen molar-refractivity contribution < 1.29 is 25.5 Å². The van der Waals surface area contributed by atoms with Crippen LogP contribution in [0.4, 0.5) is 4.70 Å². The first-order valence-electron chi connectivity index (χ1n) is 0.765. The number of nitrogens with zero attached hydrogens (tertiary/aromatic N) is 1. The van der Waals surface area contributed by atoms with Gasteiger partial charge >= 0.3 is 0 Å². The lowest BCUT2D eigenvalue weighted by atomic mass is 13.1. The van der Waals surface area contributed by atoms with Gasteiger partial charge in [0.15, 0.2) is 0 Å². The van der Waals surface area contributed by atoms with Gasteiger partial charge in [-0.2, -0.15) is 0 Å². The third-order valence-corrected chi connectivity index (χ3v) is 0. The SMILES string of the molecule is Cl.F.O=[N+]([O-])O.OO. The quantitative estimate of drug-likeness (QED) is 0.263. The fourth-order valence-electron chi connectivity index (χ4n) is 0. The Morgan fingerprint density at radius 2 is 1.38 bits per heavy atom. The predicted octanol–water partition coefficient (Wildman–Crippen LogP) is 0.244. The van der Waals surface area contributed by atoms with Gasteiger partial charge in [-0.25, -0.2) is 0 Å². The average molecular weight is 153 g/mol. The molecular formula is H5ClFNO5. The maximum atomic E-state index is 8.36. The lowest BCUT2D eigenvalue weighted by Crippen LogP contribution is -1.81. The van der Waals surface area contributed by atoms with Gasteiger partial charge in [0.05, 0.1) is 0 Å². The largest absolute Gasteiger partial charge is 0.328 e. The predicted molar refractivity (Wildman–Crippen MR) is 23.8 cm³/mol. The van der Waals surface area contributed by atoms with Crippen molar-refractivity contribution in [3.8, 4) is 0 Å². The third kappa shape index (κ3) is 231. The van der Waals surface area contributed by atoms with Crippen molar-refractivity contribution >= 4 is 12.4 Å². The number of hydrogen-bond donors (Lipinski definition) is 3. The van der Waals surface area contributed by atoms with Gasteiger partial charge in [-0.1, -0.05) is 0 Å². The lowest BCUT2D eigenvalue weighted by Gasteiger charge is -1.56. The highest BCUT2D eigenvalue weighted by atomic mass is 35.5. The highest BCUT2D eigenvalue weighted by Crippen LogP contribution is 1.38. The fraction of sp³-hybridized carbons (Fsp3) is 0. The van der Waals surface area contributed by atoms with Crippen LogP contribution in [0.15, 0.2) is 0 Å². The summed E-state index contributed by atoms with van der Waals surface area (Å²) in [4.78, 5) is 8.36. The Morgan fingerprint density at radius 3 is 1.38 bits per heavy atom. The minimum absolute atomic E-state index is 0. The summed E-state index contributed by atoms with van der Waals surface area (Å²) < 4.78 is 0. The third-order valence-electron chi connectivity index (χ3n) is 0. The summed E-state index contributed by atoms with van der Waals surface area (Å²) in [5.41, 5.74) is 0. The van der Waals surface area contributed by atoms with E-state index < -0.39 is 5.09 Å². The van der Waals surface area contributed by atoms with Gasteiger partial charge < -0.3 is 5.21 Å². The molecule has 0 atom stereocenters. The summed E-state index contributed by atoms with van der Waals surface area (Å²) in [6.07, 6.45) is 0. The monoisotopic (exact) mass is 153 g/mol. The Labute approximate surface area is 49.2 Å². The van der Waals surface area contributed by atoms with Crippen molar-refractivity contribution in [3.63, 3.8) is 0 Å². The van der Waals surface area contributed by atoms with Gasteiger partial charge in [0, 0.05) is 0 Å². The second-order valence-corrected chi connectivity index (χ2v) is 0.238. The molecule has 0 aromatic heterocycles. The van der Waals surface area contributed by atoms with Gasteiger partial charge in [-0.05, 0) is 0 Å². The zero-order valence-electron chi connectivity index (χ0n) is 3.42. The summed E-state index contributed by atoms with van der Waals surface area (Å²) >= 11 is 0. The molecule has 0 bridgehead atoms. The Bertz CT molecular complexity index is 35.4. The van der Waals surface area contributed by atoms with Crippen molar-refractivity contribution in [2.75, 3.05) is 0 Å². The van der Waals surface area contributed by atoms with E-state index in [0.717, 1.165) is 0 Å². The summed E-state index contributed by atoms with van der Waals surface area (Å²) in [7, 11) is 0. The van der Waals surface area contributed by atoms with Crippen LogP contribution in [-0.2, 0) is 0 Å². The molecule has 0 rings (SSSR count). The first-order valence-corrected chi connectivity index (χ1v) is 0.765. The van der Waals surface area contributed by atoms with E-state index in [1.165, 1.54) is 0 Å². The summed E-state index contributed by atoms with van der Waals surface area (Å²) in [6, 6.07) is 0. The van der Waals surface area contributed by atoms with E-state index in [9.17, 15) is 0 Å². The molecule has 0 saturated carbocycles. The highest BCUT2D eigenvalue weighted by Gasteiger charge is 1.65. The van der Waals surface area contributed by atoms with E-state index in [1.54, 1.807) is 0 Å². The molecule has 8 heteroatoms. The minimum atomic E-state index is -1.50. The van der Waals surface area contributed by atoms with Crippen LogP contribution in [0, 0.1) is 10.1 Å². The lowest BCUT2D eigenvalue weighted by molar-refractivity contribution is -0.742. The zero-order valence-corrected chi connectivity index (χ0v) is 4.24. The van der Waals surface area contributed by atoms with Crippen LogP contribution in [-0.4, -0.2) is 20.8 Å². The molecule has 54 valence electrons. The molecule has 0 aliphatic rings. The van der Waals surface area contributed by atoms with E-state index in [-0.39, 0.29) is 17.1 Å². The van der Waals surface area contributed by atoms with Gasteiger partial charge in [0.2, 0.25) is 0 Å². The maximum Gasteiger partial charge on any atom is 0.291 e. The molecule has 0 amide bonds. The molecule has 6 nitrogen and oxygen atoms in total. The maximum absolute atomic E-state index is 8.36. The average Bonchev–Trinajstić information content (AvgIpc) is 1.41. The number of hydrogen-bond acceptors (Lipinski definition) is 4. The molecule has 8 heavy (non-hydrogen) atoms. The molecule has 3 N–H and O–H groups in total. The Kier molecular flexibility index (Phi) is 109. The molecule has 0 heterocycles. The van der Waals surface area contributed by atoms with Crippen LogP contribution in [0.1, 0.15) is 0 Å². The smallest absolute Gasteiger partial charge is 0.291 e. The van der Waals surface area contributed by atoms with Crippen LogP contribution < -0.4 is 0 Å². The van der Waals surface area contributed by atoms with Crippen molar-refractivity contribution in [1.29, 1.82) is 0 Å². The molecule has 0 radical (unpaired) electrons. The van der Waals surface area contributed by atoms with Crippen molar-refractivity contribution in [2.24, 2.45) is 0 Å². The van der Waals surface area contributed by atoms with Crippen LogP contribution >= 0.6 is 12.4 Å². The standard InChI is InChI=1S/ClH.FH.HNO3.H2O2/c;;2-1(3)4;1-2/h2*1H;(H,2,3,4);1-2H. The van der Waals surface area contributed by atoms with Crippen molar-refractivity contribution in [1.82, 2.24) is 0 Å². The Balaban J connectivity index is -0.0000000183. The minimum Gasteiger partial charge on any atom is -0.328 e. The number of rotatable bonds is 0. The molecule has 0 spiro atoms. The van der Waals surface area contributed by atoms with Gasteiger partial charge in [0.25, 0.3) is 5.09 Å². The van der Waals surface area contributed by atoms with Crippen LogP contribution in [0.25, 0.3) is 0 Å². The topological polar surface area (TPSA) is 104 Å². The molecule has 0 saturated heterocycles. The normalized spacial score (nSPS) is 3.75. The molecule has 0 unspecified atom stereocenters. The fourth-order valence-corrected chi connectivity index (χ4v) is 0. The number of halogens is 2. The summed E-state index contributed by atoms with van der Waals surface area (Å²) in [5.74, 6) is 0. The molecule has 0 aliphatic carbocycles. The zero-order chi connectivity index (χ0) is 5.58. The van der Waals surface area contributed by atoms with E-state index in [1.807, 2.05) is 0 Å². The highest BCUT2D eigenvalue weighted by molar-refractivity contribution is 5.85. The molecule has 0 aliphatic heterocycles. The van der Waals surface area contributed by atoms with Gasteiger partial charge in [-0.3, -0.25) is 15.2 Å². The van der Waals surface area contributed by atoms with Gasteiger partial charge in [-0.15, -0.1) is 22.5 Å². The first-order chi connectivity index (χ1) is 2.73. The Morgan fingerprint density at radius 1 is 1.38 bits per heavy atom. The summed E-state index contributed by atoms with van der Waals surface area (Å²) in [6.45, 7) is 0.